The molecule has 0 unspecified atom stereocenters. The molecule has 3 rings (SSSR count). The normalized spacial score (nSPS) is 13.1. The molecule has 104 valence electrons. The van der Waals surface area contributed by atoms with Crippen LogP contribution >= 0.6 is 0 Å². The molecule has 6 heteroatoms. The lowest BCUT2D eigenvalue weighted by molar-refractivity contribution is 0.440. The van der Waals surface area contributed by atoms with Crippen LogP contribution in [-0.2, 0) is 12.8 Å². The van der Waals surface area contributed by atoms with Crippen LogP contribution in [0.5, 0.6) is 11.8 Å². The van der Waals surface area contributed by atoms with Crippen molar-refractivity contribution in [2.75, 3.05) is 24.7 Å². The molecule has 0 aliphatic heterocycles. The Bertz CT molecular complexity index is 641. The van der Waals surface area contributed by atoms with E-state index < -0.39 is 0 Å². The van der Waals surface area contributed by atoms with E-state index in [-0.39, 0.29) is 12.0 Å². The monoisotopic (exact) mass is 271 g/mol. The summed E-state index contributed by atoms with van der Waals surface area (Å²) < 4.78 is 5.71. The average Bonchev–Trinajstić information content (AvgIpc) is 2.85. The van der Waals surface area contributed by atoms with Gasteiger partial charge in [-0.3, -0.25) is 0 Å². The zero-order valence-electron chi connectivity index (χ0n) is 11.6. The van der Waals surface area contributed by atoms with Crippen molar-refractivity contribution in [2.24, 2.45) is 0 Å². The Morgan fingerprint density at radius 3 is 2.70 bits per heavy atom. The fraction of sp³-hybridized carbons (Fsp3) is 0.357. The van der Waals surface area contributed by atoms with Crippen molar-refractivity contribution in [3.05, 3.63) is 29.3 Å². The molecule has 0 saturated carbocycles. The van der Waals surface area contributed by atoms with E-state index in [1.54, 1.807) is 4.90 Å². The molecule has 0 fully saturated rings. The summed E-state index contributed by atoms with van der Waals surface area (Å²) in [6.45, 7) is 0. The van der Waals surface area contributed by atoms with Gasteiger partial charge in [0.05, 0.1) is 0 Å². The van der Waals surface area contributed by atoms with Gasteiger partial charge in [-0.05, 0) is 42.5 Å². The first-order valence-electron chi connectivity index (χ1n) is 6.60. The second-order valence-electron chi connectivity index (χ2n) is 5.06. The van der Waals surface area contributed by atoms with E-state index in [0.29, 0.717) is 5.95 Å². The van der Waals surface area contributed by atoms with E-state index in [1.807, 2.05) is 20.2 Å². The second-order valence-corrected chi connectivity index (χ2v) is 5.06. The lowest BCUT2D eigenvalue weighted by Crippen LogP contribution is -2.15. The molecule has 1 aliphatic carbocycles. The fourth-order valence-corrected chi connectivity index (χ4v) is 2.32. The van der Waals surface area contributed by atoms with Gasteiger partial charge in [0, 0.05) is 14.1 Å². The Kier molecular flexibility index (Phi) is 3.14. The van der Waals surface area contributed by atoms with E-state index >= 15 is 0 Å². The van der Waals surface area contributed by atoms with Crippen LogP contribution in [0.2, 0.25) is 0 Å². The molecule has 0 saturated heterocycles. The largest absolute Gasteiger partial charge is 0.424 e. The van der Waals surface area contributed by atoms with Gasteiger partial charge in [-0.25, -0.2) is 0 Å². The third-order valence-corrected chi connectivity index (χ3v) is 3.30. The summed E-state index contributed by atoms with van der Waals surface area (Å²) >= 11 is 0. The first kappa shape index (κ1) is 12.7. The molecule has 20 heavy (non-hydrogen) atoms. The molecule has 0 spiro atoms. The summed E-state index contributed by atoms with van der Waals surface area (Å²) in [4.78, 5) is 14.0. The van der Waals surface area contributed by atoms with Crippen LogP contribution in [-0.4, -0.2) is 29.0 Å². The van der Waals surface area contributed by atoms with Gasteiger partial charge in [-0.1, -0.05) is 6.07 Å². The topological polar surface area (TPSA) is 77.2 Å². The Morgan fingerprint density at radius 1 is 1.10 bits per heavy atom. The third kappa shape index (κ3) is 2.49. The number of benzene rings is 1. The van der Waals surface area contributed by atoms with Crippen molar-refractivity contribution < 1.29 is 4.74 Å². The number of fused-ring (bicyclic) bond motifs is 1. The number of ether oxygens (including phenoxy) is 1. The summed E-state index contributed by atoms with van der Waals surface area (Å²) in [7, 11) is 3.68. The van der Waals surface area contributed by atoms with Crippen molar-refractivity contribution in [1.82, 2.24) is 15.0 Å². The zero-order valence-corrected chi connectivity index (χ0v) is 11.6. The van der Waals surface area contributed by atoms with Gasteiger partial charge in [-0.15, -0.1) is 0 Å². The molecule has 2 aromatic rings. The molecule has 1 aromatic heterocycles. The van der Waals surface area contributed by atoms with E-state index in [0.717, 1.165) is 18.6 Å². The summed E-state index contributed by atoms with van der Waals surface area (Å²) in [5.41, 5.74) is 8.42. The lowest BCUT2D eigenvalue weighted by atomic mass is 10.1. The first-order chi connectivity index (χ1) is 9.61. The SMILES string of the molecule is CN(C)c1nc(N)nc(Oc2ccc3c(c2)CCC3)n1. The number of anilines is 2. The molecule has 0 atom stereocenters. The van der Waals surface area contributed by atoms with E-state index in [4.69, 9.17) is 10.5 Å². The van der Waals surface area contributed by atoms with Crippen LogP contribution in [0.1, 0.15) is 17.5 Å². The van der Waals surface area contributed by atoms with E-state index in [9.17, 15) is 0 Å². The van der Waals surface area contributed by atoms with Gasteiger partial charge in [0.2, 0.25) is 11.9 Å². The Morgan fingerprint density at radius 2 is 1.90 bits per heavy atom. The number of nitrogens with two attached hydrogens (primary N) is 1. The highest BCUT2D eigenvalue weighted by atomic mass is 16.5. The van der Waals surface area contributed by atoms with E-state index in [2.05, 4.69) is 27.1 Å². The van der Waals surface area contributed by atoms with Crippen molar-refractivity contribution in [3.8, 4) is 11.8 Å². The minimum absolute atomic E-state index is 0.153. The highest BCUT2D eigenvalue weighted by Crippen LogP contribution is 2.28. The first-order valence-corrected chi connectivity index (χ1v) is 6.60. The standard InChI is InChI=1S/C14H17N5O/c1-19(2)13-16-12(15)17-14(18-13)20-11-7-6-9-4-3-5-10(9)8-11/h6-8H,3-5H2,1-2H3,(H2,15,16,17,18). The van der Waals surface area contributed by atoms with Crippen molar-refractivity contribution in [2.45, 2.75) is 19.3 Å². The van der Waals surface area contributed by atoms with Crippen LogP contribution < -0.4 is 15.4 Å². The molecule has 6 nitrogen and oxygen atoms in total. The number of nitrogens with zero attached hydrogens (tertiary/aromatic N) is 4. The summed E-state index contributed by atoms with van der Waals surface area (Å²) in [6, 6.07) is 6.32. The van der Waals surface area contributed by atoms with Crippen molar-refractivity contribution >= 4 is 11.9 Å². The summed E-state index contributed by atoms with van der Waals surface area (Å²) in [6.07, 6.45) is 3.47. The van der Waals surface area contributed by atoms with Gasteiger partial charge in [0.25, 0.3) is 0 Å². The zero-order chi connectivity index (χ0) is 14.1. The van der Waals surface area contributed by atoms with E-state index in [1.165, 1.54) is 17.5 Å². The van der Waals surface area contributed by atoms with Crippen LogP contribution in [0.15, 0.2) is 18.2 Å². The predicted octanol–water partition coefficient (Wildman–Crippen LogP) is 1.80. The molecule has 1 heterocycles. The number of aryl methyl sites for hydroxylation is 2. The maximum absolute atomic E-state index is 5.71. The van der Waals surface area contributed by atoms with Crippen LogP contribution in [0.3, 0.4) is 0 Å². The Balaban J connectivity index is 1.87. The minimum atomic E-state index is 0.153. The van der Waals surface area contributed by atoms with Crippen molar-refractivity contribution in [3.63, 3.8) is 0 Å². The molecule has 1 aliphatic rings. The quantitative estimate of drug-likeness (QED) is 0.917. The minimum Gasteiger partial charge on any atom is -0.424 e. The number of hydrogen-bond donors (Lipinski definition) is 1. The predicted molar refractivity (Wildman–Crippen MR) is 77.1 cm³/mol. The average molecular weight is 271 g/mol. The second kappa shape index (κ2) is 4.96. The maximum atomic E-state index is 5.71. The number of hydrogen-bond acceptors (Lipinski definition) is 6. The van der Waals surface area contributed by atoms with Gasteiger partial charge >= 0.3 is 6.01 Å². The van der Waals surface area contributed by atoms with Gasteiger partial charge in [0.1, 0.15) is 5.75 Å². The van der Waals surface area contributed by atoms with Crippen molar-refractivity contribution in [1.29, 1.82) is 0 Å². The Labute approximate surface area is 117 Å². The molecule has 1 aromatic carbocycles. The lowest BCUT2D eigenvalue weighted by Gasteiger charge is -2.12. The molecule has 0 bridgehead atoms. The number of aromatic nitrogens is 3. The number of nitrogen functional groups attached to an aromatic ring is 1. The highest BCUT2D eigenvalue weighted by molar-refractivity contribution is 5.40. The van der Waals surface area contributed by atoms with Crippen LogP contribution in [0.4, 0.5) is 11.9 Å². The smallest absolute Gasteiger partial charge is 0.328 e. The van der Waals surface area contributed by atoms with Gasteiger partial charge in [-0.2, -0.15) is 15.0 Å². The highest BCUT2D eigenvalue weighted by Gasteiger charge is 2.13. The van der Waals surface area contributed by atoms with Gasteiger partial charge < -0.3 is 15.4 Å². The number of rotatable bonds is 3. The summed E-state index contributed by atoms with van der Waals surface area (Å²) in [5, 5.41) is 0. The van der Waals surface area contributed by atoms with Crippen LogP contribution in [0, 0.1) is 0 Å². The molecular weight excluding hydrogens is 254 g/mol. The molecule has 2 N–H and O–H groups in total. The molecular formula is C14H17N5O. The third-order valence-electron chi connectivity index (χ3n) is 3.30. The molecule has 0 radical (unpaired) electrons. The summed E-state index contributed by atoms with van der Waals surface area (Å²) in [5.74, 6) is 1.37. The maximum Gasteiger partial charge on any atom is 0.328 e. The van der Waals surface area contributed by atoms with Gasteiger partial charge in [0.15, 0.2) is 0 Å². The fourth-order valence-electron chi connectivity index (χ4n) is 2.32. The molecule has 0 amide bonds. The Hall–Kier alpha value is -2.37. The van der Waals surface area contributed by atoms with Crippen LogP contribution in [0.25, 0.3) is 0 Å².